The summed E-state index contributed by atoms with van der Waals surface area (Å²) in [5, 5.41) is 8.43. The van der Waals surface area contributed by atoms with Gasteiger partial charge in [0.15, 0.2) is 5.82 Å². The van der Waals surface area contributed by atoms with Crippen LogP contribution in [0.1, 0.15) is 37.2 Å². The molecular formula is C17H18FN5O. The molecule has 1 aliphatic rings. The zero-order valence-corrected chi connectivity index (χ0v) is 13.4. The molecule has 0 spiro atoms. The molecule has 0 saturated heterocycles. The Morgan fingerprint density at radius 1 is 1.21 bits per heavy atom. The van der Waals surface area contributed by atoms with E-state index in [1.807, 2.05) is 6.92 Å². The Morgan fingerprint density at radius 3 is 2.62 bits per heavy atom. The average Bonchev–Trinajstić information content (AvgIpc) is 3.28. The largest absolute Gasteiger partial charge is 0.334 e. The van der Waals surface area contributed by atoms with Crippen molar-refractivity contribution in [3.05, 3.63) is 47.8 Å². The van der Waals surface area contributed by atoms with Gasteiger partial charge in [0.1, 0.15) is 5.82 Å². The lowest BCUT2D eigenvalue weighted by Gasteiger charge is -2.17. The van der Waals surface area contributed by atoms with Crippen molar-refractivity contribution in [1.82, 2.24) is 19.9 Å². The zero-order valence-electron chi connectivity index (χ0n) is 13.4. The third kappa shape index (κ3) is 2.41. The highest BCUT2D eigenvalue weighted by atomic mass is 19.1. The first-order valence-electron chi connectivity index (χ1n) is 8.01. The molecule has 0 radical (unpaired) electrons. The lowest BCUT2D eigenvalue weighted by atomic mass is 9.99. The van der Waals surface area contributed by atoms with E-state index in [1.165, 1.54) is 12.1 Å². The van der Waals surface area contributed by atoms with Gasteiger partial charge in [0.25, 0.3) is 5.89 Å². The maximum Gasteiger partial charge on any atom is 0.261 e. The normalized spacial score (nSPS) is 16.6. The summed E-state index contributed by atoms with van der Waals surface area (Å²) >= 11 is 0. The molecule has 6 nitrogen and oxygen atoms in total. The van der Waals surface area contributed by atoms with Gasteiger partial charge in [0.05, 0.1) is 28.7 Å². The second-order valence-electron chi connectivity index (χ2n) is 6.32. The number of hydrogen-bond acceptors (Lipinski definition) is 5. The van der Waals surface area contributed by atoms with Crippen LogP contribution < -0.4 is 5.73 Å². The highest BCUT2D eigenvalue weighted by Crippen LogP contribution is 2.35. The molecule has 124 valence electrons. The van der Waals surface area contributed by atoms with Gasteiger partial charge < -0.3 is 10.3 Å². The van der Waals surface area contributed by atoms with E-state index >= 15 is 0 Å². The molecule has 2 N–H and O–H groups in total. The van der Waals surface area contributed by atoms with Gasteiger partial charge in [-0.05, 0) is 44.0 Å². The molecule has 1 saturated carbocycles. The van der Waals surface area contributed by atoms with Crippen LogP contribution in [0.15, 0.2) is 35.0 Å². The Balaban J connectivity index is 1.68. The molecule has 2 aromatic heterocycles. The fourth-order valence-corrected chi connectivity index (χ4v) is 3.23. The molecule has 3 aromatic rings. The summed E-state index contributed by atoms with van der Waals surface area (Å²) in [7, 11) is 0. The molecule has 0 bridgehead atoms. The van der Waals surface area contributed by atoms with Gasteiger partial charge in [-0.2, -0.15) is 10.1 Å². The van der Waals surface area contributed by atoms with Crippen molar-refractivity contribution in [2.45, 2.75) is 38.1 Å². The van der Waals surface area contributed by atoms with Crippen LogP contribution in [0.2, 0.25) is 0 Å². The summed E-state index contributed by atoms with van der Waals surface area (Å²) < 4.78 is 20.2. The van der Waals surface area contributed by atoms with Gasteiger partial charge in [0.2, 0.25) is 0 Å². The summed E-state index contributed by atoms with van der Waals surface area (Å²) in [5.74, 6) is 0.687. The topological polar surface area (TPSA) is 82.8 Å². The lowest BCUT2D eigenvalue weighted by molar-refractivity contribution is 0.372. The first-order chi connectivity index (χ1) is 11.6. The minimum atomic E-state index is -0.484. The molecule has 0 amide bonds. The number of halogens is 1. The summed E-state index contributed by atoms with van der Waals surface area (Å²) in [6.45, 7) is 1.91. The highest BCUT2D eigenvalue weighted by molar-refractivity contribution is 5.56. The second-order valence-corrected chi connectivity index (χ2v) is 6.32. The number of aromatic nitrogens is 4. The van der Waals surface area contributed by atoms with E-state index in [-0.39, 0.29) is 5.82 Å². The standard InChI is InChI=1S/C17H18FN5O/c1-11-14(10-20-23(11)13-6-4-12(18)5-7-13)15-21-16(22-24-15)17(19)8-2-3-9-17/h4-7,10H,2-3,8-9,19H2,1H3. The third-order valence-electron chi connectivity index (χ3n) is 4.68. The molecule has 0 atom stereocenters. The Kier molecular flexibility index (Phi) is 3.45. The van der Waals surface area contributed by atoms with Gasteiger partial charge in [-0.25, -0.2) is 9.07 Å². The predicted octanol–water partition coefficient (Wildman–Crippen LogP) is 3.10. The quantitative estimate of drug-likeness (QED) is 0.799. The van der Waals surface area contributed by atoms with Crippen LogP contribution in [0.5, 0.6) is 0 Å². The number of nitrogens with zero attached hydrogens (tertiary/aromatic N) is 4. The van der Waals surface area contributed by atoms with E-state index in [0.29, 0.717) is 11.7 Å². The average molecular weight is 327 g/mol. The monoisotopic (exact) mass is 327 g/mol. The summed E-state index contributed by atoms with van der Waals surface area (Å²) in [4.78, 5) is 4.50. The highest BCUT2D eigenvalue weighted by Gasteiger charge is 2.36. The summed E-state index contributed by atoms with van der Waals surface area (Å²) in [6, 6.07) is 6.15. The van der Waals surface area contributed by atoms with Crippen LogP contribution in [0.25, 0.3) is 17.1 Å². The molecule has 4 rings (SSSR count). The SMILES string of the molecule is Cc1c(-c2nc(C3(N)CCCC3)no2)cnn1-c1ccc(F)cc1. The Morgan fingerprint density at radius 2 is 1.92 bits per heavy atom. The first-order valence-corrected chi connectivity index (χ1v) is 8.01. The number of hydrogen-bond donors (Lipinski definition) is 1. The van der Waals surface area contributed by atoms with Gasteiger partial charge in [-0.1, -0.05) is 18.0 Å². The minimum Gasteiger partial charge on any atom is -0.334 e. The minimum absolute atomic E-state index is 0.282. The van der Waals surface area contributed by atoms with Crippen molar-refractivity contribution in [1.29, 1.82) is 0 Å². The van der Waals surface area contributed by atoms with Crippen molar-refractivity contribution in [3.8, 4) is 17.1 Å². The maximum absolute atomic E-state index is 13.1. The van der Waals surface area contributed by atoms with E-state index in [1.54, 1.807) is 23.0 Å². The Hall–Kier alpha value is -2.54. The molecular weight excluding hydrogens is 309 g/mol. The van der Waals surface area contributed by atoms with Crippen molar-refractivity contribution in [2.24, 2.45) is 5.73 Å². The number of rotatable bonds is 3. The van der Waals surface area contributed by atoms with E-state index in [0.717, 1.165) is 42.6 Å². The second kappa shape index (κ2) is 5.52. The van der Waals surface area contributed by atoms with Crippen LogP contribution >= 0.6 is 0 Å². The molecule has 7 heteroatoms. The van der Waals surface area contributed by atoms with Crippen molar-refractivity contribution >= 4 is 0 Å². The van der Waals surface area contributed by atoms with E-state index in [4.69, 9.17) is 10.3 Å². The van der Waals surface area contributed by atoms with Gasteiger partial charge in [0, 0.05) is 0 Å². The zero-order chi connectivity index (χ0) is 16.7. The lowest BCUT2D eigenvalue weighted by Crippen LogP contribution is -2.34. The van der Waals surface area contributed by atoms with Gasteiger partial charge >= 0.3 is 0 Å². The van der Waals surface area contributed by atoms with Crippen LogP contribution in [0, 0.1) is 12.7 Å². The van der Waals surface area contributed by atoms with Crippen LogP contribution in [0.3, 0.4) is 0 Å². The molecule has 1 fully saturated rings. The van der Waals surface area contributed by atoms with E-state index in [9.17, 15) is 4.39 Å². The third-order valence-corrected chi connectivity index (χ3v) is 4.68. The fraction of sp³-hybridized carbons (Fsp3) is 0.353. The van der Waals surface area contributed by atoms with Crippen LogP contribution in [0.4, 0.5) is 4.39 Å². The van der Waals surface area contributed by atoms with E-state index < -0.39 is 5.54 Å². The maximum atomic E-state index is 13.1. The summed E-state index contributed by atoms with van der Waals surface area (Å²) in [5.41, 5.74) is 8.26. The van der Waals surface area contributed by atoms with Crippen molar-refractivity contribution in [3.63, 3.8) is 0 Å². The molecule has 1 aromatic carbocycles. The Labute approximate surface area is 138 Å². The summed E-state index contributed by atoms with van der Waals surface area (Å²) in [6.07, 6.45) is 5.59. The fourth-order valence-electron chi connectivity index (χ4n) is 3.23. The molecule has 24 heavy (non-hydrogen) atoms. The van der Waals surface area contributed by atoms with E-state index in [2.05, 4.69) is 15.2 Å². The van der Waals surface area contributed by atoms with Gasteiger partial charge in [-0.15, -0.1) is 0 Å². The predicted molar refractivity (Wildman–Crippen MR) is 85.9 cm³/mol. The molecule has 0 unspecified atom stereocenters. The number of benzene rings is 1. The molecule has 2 heterocycles. The molecule has 1 aliphatic carbocycles. The number of nitrogens with two attached hydrogens (primary N) is 1. The Bertz CT molecular complexity index is 861. The van der Waals surface area contributed by atoms with Gasteiger partial charge in [-0.3, -0.25) is 0 Å². The molecule has 0 aliphatic heterocycles. The van der Waals surface area contributed by atoms with Crippen LogP contribution in [-0.2, 0) is 5.54 Å². The van der Waals surface area contributed by atoms with Crippen LogP contribution in [-0.4, -0.2) is 19.9 Å². The first kappa shape index (κ1) is 15.0. The smallest absolute Gasteiger partial charge is 0.261 e. The van der Waals surface area contributed by atoms with Crippen molar-refractivity contribution < 1.29 is 8.91 Å². The van der Waals surface area contributed by atoms with Crippen molar-refractivity contribution in [2.75, 3.05) is 0 Å².